The molecule has 3 aromatic carbocycles. The Balaban J connectivity index is 1.81. The molecule has 1 atom stereocenters. The predicted molar refractivity (Wildman–Crippen MR) is 95.9 cm³/mol. The van der Waals surface area contributed by atoms with Gasteiger partial charge in [-0.15, -0.1) is 0 Å². The van der Waals surface area contributed by atoms with Crippen LogP contribution < -0.4 is 5.73 Å². The van der Waals surface area contributed by atoms with Gasteiger partial charge in [0.25, 0.3) is 0 Å². The fourth-order valence-corrected chi connectivity index (χ4v) is 2.95. The topological polar surface area (TPSA) is 43.1 Å². The third kappa shape index (κ3) is 3.61. The van der Waals surface area contributed by atoms with Crippen molar-refractivity contribution in [3.05, 3.63) is 82.9 Å². The second-order valence-corrected chi connectivity index (χ2v) is 6.10. The Kier molecular flexibility index (Phi) is 4.75. The van der Waals surface area contributed by atoms with E-state index in [0.717, 1.165) is 16.5 Å². The van der Waals surface area contributed by atoms with Crippen LogP contribution in [0.15, 0.2) is 66.7 Å². The minimum absolute atomic E-state index is 0.130. The van der Waals surface area contributed by atoms with Crippen LogP contribution in [0.5, 0.6) is 0 Å². The van der Waals surface area contributed by atoms with Gasteiger partial charge in [0.2, 0.25) is 0 Å². The van der Waals surface area contributed by atoms with Crippen molar-refractivity contribution in [2.75, 3.05) is 6.54 Å². The highest BCUT2D eigenvalue weighted by molar-refractivity contribution is 6.30. The van der Waals surface area contributed by atoms with Crippen LogP contribution in [-0.4, -0.2) is 12.3 Å². The quantitative estimate of drug-likeness (QED) is 0.758. The zero-order valence-corrected chi connectivity index (χ0v) is 13.5. The van der Waals surface area contributed by atoms with E-state index in [-0.39, 0.29) is 11.7 Å². The molecule has 0 aliphatic carbocycles. The number of fused-ring (bicyclic) bond motifs is 1. The Morgan fingerprint density at radius 2 is 1.65 bits per heavy atom. The van der Waals surface area contributed by atoms with Crippen molar-refractivity contribution >= 4 is 28.2 Å². The van der Waals surface area contributed by atoms with E-state index in [1.54, 1.807) is 12.1 Å². The summed E-state index contributed by atoms with van der Waals surface area (Å²) in [7, 11) is 0. The summed E-state index contributed by atoms with van der Waals surface area (Å²) in [6, 6.07) is 21.6. The maximum Gasteiger partial charge on any atom is 0.145 e. The molecular formula is C20H18ClNO. The summed E-state index contributed by atoms with van der Waals surface area (Å²) in [5.41, 5.74) is 7.77. The lowest BCUT2D eigenvalue weighted by molar-refractivity contribution is -0.119. The molecule has 0 heterocycles. The molecule has 2 N–H and O–H groups in total. The summed E-state index contributed by atoms with van der Waals surface area (Å²) < 4.78 is 0. The van der Waals surface area contributed by atoms with E-state index in [1.165, 1.54) is 5.39 Å². The lowest BCUT2D eigenvalue weighted by Gasteiger charge is -2.14. The second kappa shape index (κ2) is 6.95. The van der Waals surface area contributed by atoms with Gasteiger partial charge in [-0.2, -0.15) is 0 Å². The molecule has 0 amide bonds. The van der Waals surface area contributed by atoms with Crippen LogP contribution in [0.1, 0.15) is 17.0 Å². The van der Waals surface area contributed by atoms with Crippen LogP contribution in [0, 0.1) is 0 Å². The first kappa shape index (κ1) is 15.7. The van der Waals surface area contributed by atoms with Gasteiger partial charge in [0, 0.05) is 18.0 Å². The number of Topliss-reactive ketones (excluding diaryl/α,β-unsaturated/α-hetero) is 1. The van der Waals surface area contributed by atoms with Crippen LogP contribution >= 0.6 is 11.6 Å². The fourth-order valence-electron chi connectivity index (χ4n) is 2.82. The van der Waals surface area contributed by atoms with Gasteiger partial charge < -0.3 is 5.73 Å². The Morgan fingerprint density at radius 1 is 0.957 bits per heavy atom. The molecule has 0 spiro atoms. The molecule has 0 saturated heterocycles. The van der Waals surface area contributed by atoms with Crippen molar-refractivity contribution in [2.24, 2.45) is 5.73 Å². The standard InChI is InChI=1S/C20H18ClNO/c21-18-9-7-16(8-10-18)19(13-22)20(23)12-14-5-6-15-3-1-2-4-17(15)11-14/h1-11,19H,12-13,22H2/t19-/m0/s1. The molecular weight excluding hydrogens is 306 g/mol. The highest BCUT2D eigenvalue weighted by atomic mass is 35.5. The fraction of sp³-hybridized carbons (Fsp3) is 0.150. The van der Waals surface area contributed by atoms with Gasteiger partial charge in [-0.25, -0.2) is 0 Å². The summed E-state index contributed by atoms with van der Waals surface area (Å²) in [6.07, 6.45) is 0.384. The minimum atomic E-state index is -0.293. The monoisotopic (exact) mass is 323 g/mol. The predicted octanol–water partition coefficient (Wildman–Crippen LogP) is 4.35. The first-order valence-corrected chi connectivity index (χ1v) is 8.01. The van der Waals surface area contributed by atoms with E-state index in [9.17, 15) is 4.79 Å². The Labute approximate surface area is 140 Å². The molecule has 116 valence electrons. The Bertz CT molecular complexity index is 826. The van der Waals surface area contributed by atoms with Crippen molar-refractivity contribution in [3.8, 4) is 0 Å². The number of hydrogen-bond donors (Lipinski definition) is 1. The zero-order chi connectivity index (χ0) is 16.2. The molecule has 0 saturated carbocycles. The molecule has 23 heavy (non-hydrogen) atoms. The van der Waals surface area contributed by atoms with E-state index in [1.807, 2.05) is 30.3 Å². The van der Waals surface area contributed by atoms with Crippen molar-refractivity contribution < 1.29 is 4.79 Å². The summed E-state index contributed by atoms with van der Waals surface area (Å²) in [6.45, 7) is 0.300. The van der Waals surface area contributed by atoms with Crippen LogP contribution in [0.3, 0.4) is 0 Å². The molecule has 2 nitrogen and oxygen atoms in total. The highest BCUT2D eigenvalue weighted by Crippen LogP contribution is 2.22. The van der Waals surface area contributed by atoms with E-state index >= 15 is 0 Å². The molecule has 0 aliphatic rings. The van der Waals surface area contributed by atoms with Gasteiger partial charge in [-0.1, -0.05) is 66.2 Å². The zero-order valence-electron chi connectivity index (χ0n) is 12.7. The number of halogens is 1. The summed E-state index contributed by atoms with van der Waals surface area (Å²) in [4.78, 5) is 12.7. The molecule has 0 radical (unpaired) electrons. The van der Waals surface area contributed by atoms with Crippen molar-refractivity contribution in [1.29, 1.82) is 0 Å². The SMILES string of the molecule is NC[C@H](C(=O)Cc1ccc2ccccc2c1)c1ccc(Cl)cc1. The number of ketones is 1. The van der Waals surface area contributed by atoms with Crippen LogP contribution in [0.4, 0.5) is 0 Å². The third-order valence-electron chi connectivity index (χ3n) is 4.09. The lowest BCUT2D eigenvalue weighted by atomic mass is 9.90. The molecule has 3 aromatic rings. The van der Waals surface area contributed by atoms with Crippen molar-refractivity contribution in [1.82, 2.24) is 0 Å². The highest BCUT2D eigenvalue weighted by Gasteiger charge is 2.19. The summed E-state index contributed by atoms with van der Waals surface area (Å²) >= 11 is 5.91. The molecule has 0 aromatic heterocycles. The Hall–Kier alpha value is -2.16. The smallest absolute Gasteiger partial charge is 0.145 e. The van der Waals surface area contributed by atoms with Gasteiger partial charge in [0.05, 0.1) is 5.92 Å². The molecule has 0 unspecified atom stereocenters. The first-order valence-electron chi connectivity index (χ1n) is 7.63. The maximum absolute atomic E-state index is 12.7. The van der Waals surface area contributed by atoms with Crippen LogP contribution in [0.2, 0.25) is 5.02 Å². The van der Waals surface area contributed by atoms with E-state index in [0.29, 0.717) is 18.0 Å². The van der Waals surface area contributed by atoms with Crippen molar-refractivity contribution in [2.45, 2.75) is 12.3 Å². The average Bonchev–Trinajstić information content (AvgIpc) is 2.57. The second-order valence-electron chi connectivity index (χ2n) is 5.66. The number of carbonyl (C=O) groups is 1. The van der Waals surface area contributed by atoms with Crippen molar-refractivity contribution in [3.63, 3.8) is 0 Å². The minimum Gasteiger partial charge on any atom is -0.329 e. The van der Waals surface area contributed by atoms with Crippen LogP contribution in [0.25, 0.3) is 10.8 Å². The lowest BCUT2D eigenvalue weighted by Crippen LogP contribution is -2.23. The largest absolute Gasteiger partial charge is 0.329 e. The maximum atomic E-state index is 12.7. The van der Waals surface area contributed by atoms with Gasteiger partial charge in [0.15, 0.2) is 0 Å². The third-order valence-corrected chi connectivity index (χ3v) is 4.34. The number of benzene rings is 3. The Morgan fingerprint density at radius 3 is 2.35 bits per heavy atom. The molecule has 0 fully saturated rings. The molecule has 3 heteroatoms. The van der Waals surface area contributed by atoms with Crippen LogP contribution in [-0.2, 0) is 11.2 Å². The van der Waals surface area contributed by atoms with Gasteiger partial charge in [-0.3, -0.25) is 4.79 Å². The molecule has 3 rings (SSSR count). The molecule has 0 aliphatic heterocycles. The number of carbonyl (C=O) groups excluding carboxylic acids is 1. The van der Waals surface area contributed by atoms with E-state index in [4.69, 9.17) is 17.3 Å². The van der Waals surface area contributed by atoms with Gasteiger partial charge in [0.1, 0.15) is 5.78 Å². The average molecular weight is 324 g/mol. The number of nitrogens with two attached hydrogens (primary N) is 1. The van der Waals surface area contributed by atoms with E-state index < -0.39 is 0 Å². The van der Waals surface area contributed by atoms with Gasteiger partial charge in [-0.05, 0) is 34.0 Å². The number of rotatable bonds is 5. The van der Waals surface area contributed by atoms with E-state index in [2.05, 4.69) is 24.3 Å². The normalized spacial score (nSPS) is 12.3. The summed E-state index contributed by atoms with van der Waals surface area (Å²) in [5, 5.41) is 2.98. The number of hydrogen-bond acceptors (Lipinski definition) is 2. The summed E-state index contributed by atoms with van der Waals surface area (Å²) in [5.74, 6) is -0.163. The van der Waals surface area contributed by atoms with Gasteiger partial charge >= 0.3 is 0 Å². The molecule has 0 bridgehead atoms. The first-order chi connectivity index (χ1) is 11.2.